The molecule has 2 saturated heterocycles. The van der Waals surface area contributed by atoms with Crippen molar-refractivity contribution < 1.29 is 9.53 Å². The molecule has 1 N–H and O–H groups in total. The highest BCUT2D eigenvalue weighted by molar-refractivity contribution is 6.20. The summed E-state index contributed by atoms with van der Waals surface area (Å²) in [5.41, 5.74) is 8.34. The molecule has 2 aromatic carbocycles. The molecule has 6 heteroatoms. The monoisotopic (exact) mass is 472 g/mol. The second-order valence-electron chi connectivity index (χ2n) is 11.4. The number of carbonyl (C=O) groups is 1. The second kappa shape index (κ2) is 8.19. The quantitative estimate of drug-likeness (QED) is 0.624. The van der Waals surface area contributed by atoms with Crippen molar-refractivity contribution >= 4 is 22.4 Å². The molecule has 6 rings (SSSR count). The predicted octanol–water partition coefficient (Wildman–Crippen LogP) is 3.93. The number of anilines is 1. The van der Waals surface area contributed by atoms with E-state index < -0.39 is 0 Å². The fraction of sp³-hybridized carbons (Fsp3) is 0.483. The van der Waals surface area contributed by atoms with Crippen molar-refractivity contribution in [2.45, 2.75) is 38.8 Å². The summed E-state index contributed by atoms with van der Waals surface area (Å²) < 4.78 is 5.42. The van der Waals surface area contributed by atoms with Crippen molar-refractivity contribution in [2.24, 2.45) is 0 Å². The molecule has 3 aliphatic rings. The standard InChI is InChI=1S/C29H36N4O2/c1-18-6-7-21-24(12-18)30-28-26(21)27(34)22-13-19(15-31(4)5)25(14-23(22)29(28,2)3)33-10-8-32(9-11-33)20-16-35-17-20/h6-7,12-14,20,30H,8-11,15-17H2,1-5H3. The number of aryl methyl sites for hydroxylation is 1. The smallest absolute Gasteiger partial charge is 0.195 e. The lowest BCUT2D eigenvalue weighted by atomic mass is 9.70. The van der Waals surface area contributed by atoms with Gasteiger partial charge in [0.1, 0.15) is 0 Å². The number of benzene rings is 2. The fourth-order valence-electron chi connectivity index (χ4n) is 6.15. The van der Waals surface area contributed by atoms with Crippen molar-refractivity contribution in [2.75, 3.05) is 58.4 Å². The summed E-state index contributed by atoms with van der Waals surface area (Å²) >= 11 is 0. The van der Waals surface area contributed by atoms with E-state index in [4.69, 9.17) is 4.74 Å². The third-order valence-electron chi connectivity index (χ3n) is 8.22. The molecule has 35 heavy (non-hydrogen) atoms. The molecule has 0 bridgehead atoms. The number of aromatic amines is 1. The summed E-state index contributed by atoms with van der Waals surface area (Å²) in [6.45, 7) is 13.3. The highest BCUT2D eigenvalue weighted by atomic mass is 16.5. The summed E-state index contributed by atoms with van der Waals surface area (Å²) in [6.07, 6.45) is 0. The topological polar surface area (TPSA) is 51.8 Å². The summed E-state index contributed by atoms with van der Waals surface area (Å²) in [5, 5.41) is 1.03. The zero-order valence-electron chi connectivity index (χ0n) is 21.6. The highest BCUT2D eigenvalue weighted by Gasteiger charge is 2.41. The minimum absolute atomic E-state index is 0.144. The molecule has 0 unspecified atom stereocenters. The minimum atomic E-state index is -0.290. The normalized spacial score (nSPS) is 20.3. The molecule has 1 aromatic heterocycles. The van der Waals surface area contributed by atoms with Gasteiger partial charge in [0, 0.05) is 66.0 Å². The number of H-pyrrole nitrogens is 1. The van der Waals surface area contributed by atoms with Gasteiger partial charge < -0.3 is 19.5 Å². The number of aromatic nitrogens is 1. The number of fused-ring (bicyclic) bond motifs is 4. The summed E-state index contributed by atoms with van der Waals surface area (Å²) in [6, 6.07) is 11.5. The molecular formula is C29H36N4O2. The Bertz CT molecular complexity index is 1310. The van der Waals surface area contributed by atoms with Crippen LogP contribution in [0.3, 0.4) is 0 Å². The van der Waals surface area contributed by atoms with Gasteiger partial charge in [-0.05, 0) is 55.9 Å². The number of piperazine rings is 1. The van der Waals surface area contributed by atoms with E-state index in [0.29, 0.717) is 6.04 Å². The first kappa shape index (κ1) is 22.8. The lowest BCUT2D eigenvalue weighted by Gasteiger charge is -2.44. The van der Waals surface area contributed by atoms with Crippen LogP contribution in [-0.4, -0.2) is 80.1 Å². The van der Waals surface area contributed by atoms with Crippen LogP contribution in [0.5, 0.6) is 0 Å². The van der Waals surface area contributed by atoms with E-state index in [1.807, 2.05) is 0 Å². The van der Waals surface area contributed by atoms with Crippen LogP contribution in [-0.2, 0) is 16.7 Å². The van der Waals surface area contributed by atoms with E-state index in [1.54, 1.807) is 0 Å². The largest absolute Gasteiger partial charge is 0.378 e. The van der Waals surface area contributed by atoms with Crippen molar-refractivity contribution in [3.63, 3.8) is 0 Å². The molecule has 0 spiro atoms. The Morgan fingerprint density at radius 2 is 1.83 bits per heavy atom. The van der Waals surface area contributed by atoms with Gasteiger partial charge in [-0.2, -0.15) is 0 Å². The van der Waals surface area contributed by atoms with Gasteiger partial charge in [0.05, 0.1) is 24.8 Å². The number of rotatable bonds is 4. The molecular weight excluding hydrogens is 436 g/mol. The van der Waals surface area contributed by atoms with E-state index in [2.05, 4.69) is 84.9 Å². The van der Waals surface area contributed by atoms with Gasteiger partial charge >= 0.3 is 0 Å². The van der Waals surface area contributed by atoms with E-state index >= 15 is 0 Å². The third kappa shape index (κ3) is 3.62. The van der Waals surface area contributed by atoms with Crippen LogP contribution in [0.25, 0.3) is 10.9 Å². The van der Waals surface area contributed by atoms with E-state index in [1.165, 1.54) is 16.8 Å². The van der Waals surface area contributed by atoms with Crippen molar-refractivity contribution in [3.05, 3.63) is 63.8 Å². The number of hydrogen-bond donors (Lipinski definition) is 1. The molecule has 0 atom stereocenters. The molecule has 2 aliphatic heterocycles. The molecule has 0 saturated carbocycles. The van der Waals surface area contributed by atoms with Crippen LogP contribution in [0.15, 0.2) is 30.3 Å². The molecule has 3 heterocycles. The summed E-state index contributed by atoms with van der Waals surface area (Å²) in [4.78, 5) is 24.9. The Kier molecular flexibility index (Phi) is 5.33. The summed E-state index contributed by atoms with van der Waals surface area (Å²) in [7, 11) is 4.20. The summed E-state index contributed by atoms with van der Waals surface area (Å²) in [5.74, 6) is 0.144. The molecule has 0 radical (unpaired) electrons. The molecule has 2 fully saturated rings. The van der Waals surface area contributed by atoms with Gasteiger partial charge in [0.15, 0.2) is 5.78 Å². The van der Waals surface area contributed by atoms with E-state index in [-0.39, 0.29) is 11.2 Å². The van der Waals surface area contributed by atoms with Gasteiger partial charge in [-0.25, -0.2) is 0 Å². The van der Waals surface area contributed by atoms with Gasteiger partial charge in [-0.3, -0.25) is 9.69 Å². The Labute approximate surface area is 207 Å². The maximum atomic E-state index is 14.0. The van der Waals surface area contributed by atoms with Gasteiger partial charge in [0.25, 0.3) is 0 Å². The lowest BCUT2D eigenvalue weighted by molar-refractivity contribution is -0.0660. The first-order chi connectivity index (χ1) is 16.7. The van der Waals surface area contributed by atoms with Crippen LogP contribution in [0, 0.1) is 6.92 Å². The van der Waals surface area contributed by atoms with Crippen LogP contribution in [0.1, 0.15) is 52.2 Å². The number of carbonyl (C=O) groups excluding carboxylic acids is 1. The number of hydrogen-bond acceptors (Lipinski definition) is 5. The van der Waals surface area contributed by atoms with Crippen LogP contribution in [0.2, 0.25) is 0 Å². The van der Waals surface area contributed by atoms with Crippen LogP contribution < -0.4 is 4.90 Å². The maximum Gasteiger partial charge on any atom is 0.195 e. The van der Waals surface area contributed by atoms with Gasteiger partial charge in [0.2, 0.25) is 0 Å². The zero-order valence-corrected chi connectivity index (χ0v) is 21.6. The average Bonchev–Trinajstić information content (AvgIpc) is 3.16. The van der Waals surface area contributed by atoms with Crippen molar-refractivity contribution in [1.82, 2.24) is 14.8 Å². The molecule has 0 amide bonds. The lowest BCUT2D eigenvalue weighted by Crippen LogP contribution is -2.56. The Hall–Kier alpha value is -2.67. The third-order valence-corrected chi connectivity index (χ3v) is 8.22. The van der Waals surface area contributed by atoms with E-state index in [0.717, 1.165) is 79.2 Å². The minimum Gasteiger partial charge on any atom is -0.378 e. The Morgan fingerprint density at radius 1 is 1.09 bits per heavy atom. The fourth-order valence-corrected chi connectivity index (χ4v) is 6.15. The SMILES string of the molecule is Cc1ccc2c3c([nH]c2c1)C(C)(C)c1cc(N2CCN(C4COC4)CC2)c(CN(C)C)cc1C3=O. The second-order valence-corrected chi connectivity index (χ2v) is 11.4. The molecule has 6 nitrogen and oxygen atoms in total. The van der Waals surface area contributed by atoms with Gasteiger partial charge in [-0.1, -0.05) is 26.0 Å². The Morgan fingerprint density at radius 3 is 2.49 bits per heavy atom. The maximum absolute atomic E-state index is 14.0. The van der Waals surface area contributed by atoms with Gasteiger partial charge in [-0.15, -0.1) is 0 Å². The zero-order chi connectivity index (χ0) is 24.5. The first-order valence-corrected chi connectivity index (χ1v) is 12.8. The molecule has 184 valence electrons. The number of ether oxygens (including phenoxy) is 1. The van der Waals surface area contributed by atoms with Crippen LogP contribution in [0.4, 0.5) is 5.69 Å². The average molecular weight is 473 g/mol. The molecule has 3 aromatic rings. The Balaban J connectivity index is 1.44. The number of ketones is 1. The van der Waals surface area contributed by atoms with Crippen molar-refractivity contribution in [1.29, 1.82) is 0 Å². The first-order valence-electron chi connectivity index (χ1n) is 12.8. The number of nitrogens with one attached hydrogen (secondary N) is 1. The number of nitrogens with zero attached hydrogens (tertiary/aromatic N) is 3. The van der Waals surface area contributed by atoms with Crippen molar-refractivity contribution in [3.8, 4) is 0 Å². The molecule has 1 aliphatic carbocycles. The predicted molar refractivity (Wildman–Crippen MR) is 141 cm³/mol. The van der Waals surface area contributed by atoms with Crippen LogP contribution >= 0.6 is 0 Å². The highest BCUT2D eigenvalue weighted by Crippen LogP contribution is 2.46. The van der Waals surface area contributed by atoms with E-state index in [9.17, 15) is 4.79 Å².